The van der Waals surface area contributed by atoms with Crippen LogP contribution in [-0.2, 0) is 0 Å². The highest BCUT2D eigenvalue weighted by Crippen LogP contribution is 2.30. The number of benzene rings is 1. The second-order valence-corrected chi connectivity index (χ2v) is 4.18. The van der Waals surface area contributed by atoms with Gasteiger partial charge in [0.05, 0.1) is 17.3 Å². The van der Waals surface area contributed by atoms with Gasteiger partial charge >= 0.3 is 0 Å². The zero-order chi connectivity index (χ0) is 10.7. The fourth-order valence-electron chi connectivity index (χ4n) is 1.34. The van der Waals surface area contributed by atoms with Gasteiger partial charge in [0.25, 0.3) is 0 Å². The quantitative estimate of drug-likeness (QED) is 0.655. The molecule has 1 aromatic rings. The molecule has 1 aliphatic heterocycles. The van der Waals surface area contributed by atoms with E-state index < -0.39 is 0 Å². The van der Waals surface area contributed by atoms with E-state index in [4.69, 9.17) is 6.57 Å². The molecular formula is C12H10N2S. The Morgan fingerprint density at radius 3 is 2.80 bits per heavy atom. The van der Waals surface area contributed by atoms with Crippen molar-refractivity contribution >= 4 is 17.5 Å². The normalized spacial score (nSPS) is 18.3. The van der Waals surface area contributed by atoms with Crippen molar-refractivity contribution in [1.82, 2.24) is 0 Å². The minimum absolute atomic E-state index is 0.686. The van der Waals surface area contributed by atoms with E-state index in [0.29, 0.717) is 5.70 Å². The highest BCUT2D eigenvalue weighted by molar-refractivity contribution is 8.04. The third kappa shape index (κ3) is 2.11. The molecule has 0 aromatic heterocycles. The summed E-state index contributed by atoms with van der Waals surface area (Å²) in [6.07, 6.45) is 0. The maximum atomic E-state index is 6.93. The van der Waals surface area contributed by atoms with E-state index in [1.54, 1.807) is 11.8 Å². The van der Waals surface area contributed by atoms with Gasteiger partial charge in [0, 0.05) is 5.75 Å². The molecule has 1 heterocycles. The van der Waals surface area contributed by atoms with Crippen molar-refractivity contribution in [2.75, 3.05) is 5.75 Å². The Labute approximate surface area is 93.5 Å². The van der Waals surface area contributed by atoms with Crippen LogP contribution in [0.5, 0.6) is 0 Å². The summed E-state index contributed by atoms with van der Waals surface area (Å²) in [6.45, 7) is 8.74. The first-order valence-corrected chi connectivity index (χ1v) is 5.64. The van der Waals surface area contributed by atoms with Crippen LogP contribution in [0.4, 0.5) is 0 Å². The van der Waals surface area contributed by atoms with Crippen molar-refractivity contribution in [3.63, 3.8) is 0 Å². The van der Waals surface area contributed by atoms with E-state index in [2.05, 4.69) is 22.0 Å². The molecule has 1 aromatic carbocycles. The average Bonchev–Trinajstić information content (AvgIpc) is 2.78. The summed E-state index contributed by atoms with van der Waals surface area (Å²) in [4.78, 5) is 7.87. The lowest BCUT2D eigenvalue weighted by atomic mass is 10.1. The Bertz CT molecular complexity index is 466. The van der Waals surface area contributed by atoms with E-state index in [1.807, 2.05) is 25.1 Å². The van der Waals surface area contributed by atoms with Crippen LogP contribution in [0.2, 0.25) is 0 Å². The molecular weight excluding hydrogens is 204 g/mol. The van der Waals surface area contributed by atoms with E-state index in [0.717, 1.165) is 22.1 Å². The lowest BCUT2D eigenvalue weighted by Crippen LogP contribution is -1.98. The maximum Gasteiger partial charge on any atom is 0.193 e. The number of thioether (sulfide) groups is 1. The molecule has 0 fully saturated rings. The molecule has 0 N–H and O–H groups in total. The maximum absolute atomic E-state index is 6.93. The molecule has 1 aliphatic rings. The van der Waals surface area contributed by atoms with Gasteiger partial charge in [-0.2, -0.15) is 0 Å². The third-order valence-corrected chi connectivity index (χ3v) is 3.24. The van der Waals surface area contributed by atoms with Crippen molar-refractivity contribution in [2.24, 2.45) is 4.99 Å². The Morgan fingerprint density at radius 1 is 1.40 bits per heavy atom. The minimum atomic E-state index is 0.686. The molecule has 0 aliphatic carbocycles. The molecule has 0 atom stereocenters. The standard InChI is InChI=1S/C12H10N2S/c1-9(13-2)12-14-11(8-15-12)10-6-4-3-5-7-10/h3-7H,8H2,1H3. The van der Waals surface area contributed by atoms with Gasteiger partial charge < -0.3 is 0 Å². The Balaban J connectivity index is 2.33. The third-order valence-electron chi connectivity index (χ3n) is 2.17. The predicted molar refractivity (Wildman–Crippen MR) is 64.7 cm³/mol. The molecule has 0 amide bonds. The number of aliphatic imine (C=N–C) groups is 1. The Hall–Kier alpha value is -1.53. The van der Waals surface area contributed by atoms with Crippen molar-refractivity contribution in [1.29, 1.82) is 0 Å². The van der Waals surface area contributed by atoms with E-state index >= 15 is 0 Å². The zero-order valence-corrected chi connectivity index (χ0v) is 9.21. The second kappa shape index (κ2) is 4.33. The van der Waals surface area contributed by atoms with Crippen molar-refractivity contribution < 1.29 is 0 Å². The van der Waals surface area contributed by atoms with E-state index in [-0.39, 0.29) is 0 Å². The lowest BCUT2D eigenvalue weighted by molar-refractivity contribution is 1.39. The number of nitrogens with zero attached hydrogens (tertiary/aromatic N) is 2. The SMILES string of the molecule is [C-]#[N+]C(C)=C1N=C(c2ccccc2)CS1. The smallest absolute Gasteiger partial charge is 0.193 e. The average molecular weight is 214 g/mol. The Kier molecular flexibility index (Phi) is 2.89. The van der Waals surface area contributed by atoms with Crippen LogP contribution >= 0.6 is 11.8 Å². The lowest BCUT2D eigenvalue weighted by Gasteiger charge is -1.96. The molecule has 0 saturated heterocycles. The summed E-state index contributed by atoms with van der Waals surface area (Å²) >= 11 is 1.64. The fraction of sp³-hybridized carbons (Fsp3) is 0.167. The molecule has 2 rings (SSSR count). The van der Waals surface area contributed by atoms with Gasteiger partial charge in [0.2, 0.25) is 0 Å². The first kappa shape index (κ1) is 10.0. The van der Waals surface area contributed by atoms with Crippen molar-refractivity contribution in [3.05, 3.63) is 58.0 Å². The Morgan fingerprint density at radius 2 is 2.13 bits per heavy atom. The highest BCUT2D eigenvalue weighted by atomic mass is 32.2. The van der Waals surface area contributed by atoms with E-state index in [9.17, 15) is 0 Å². The molecule has 0 bridgehead atoms. The molecule has 0 radical (unpaired) electrons. The molecule has 0 spiro atoms. The minimum Gasteiger partial charge on any atom is -0.257 e. The van der Waals surface area contributed by atoms with Crippen LogP contribution in [0.25, 0.3) is 4.85 Å². The van der Waals surface area contributed by atoms with Crippen molar-refractivity contribution in [3.8, 4) is 0 Å². The topological polar surface area (TPSA) is 16.7 Å². The van der Waals surface area contributed by atoms with Gasteiger partial charge in [-0.1, -0.05) is 30.3 Å². The number of allylic oxidation sites excluding steroid dienone is 1. The number of hydrogen-bond donors (Lipinski definition) is 0. The summed E-state index contributed by atoms with van der Waals surface area (Å²) in [5.41, 5.74) is 2.90. The monoisotopic (exact) mass is 214 g/mol. The zero-order valence-electron chi connectivity index (χ0n) is 8.40. The predicted octanol–water partition coefficient (Wildman–Crippen LogP) is 3.33. The van der Waals surface area contributed by atoms with Crippen LogP contribution in [0.3, 0.4) is 0 Å². The van der Waals surface area contributed by atoms with Gasteiger partial charge in [-0.05, 0) is 12.5 Å². The van der Waals surface area contributed by atoms with Crippen LogP contribution in [0, 0.1) is 6.57 Å². The molecule has 0 unspecified atom stereocenters. The second-order valence-electron chi connectivity index (χ2n) is 3.22. The van der Waals surface area contributed by atoms with E-state index in [1.165, 1.54) is 0 Å². The largest absolute Gasteiger partial charge is 0.257 e. The summed E-state index contributed by atoms with van der Waals surface area (Å²) in [5, 5.41) is 0.865. The van der Waals surface area contributed by atoms with Crippen LogP contribution in [0.1, 0.15) is 12.5 Å². The molecule has 3 heteroatoms. The molecule has 2 nitrogen and oxygen atoms in total. The first-order valence-electron chi connectivity index (χ1n) is 4.65. The molecule has 0 saturated carbocycles. The van der Waals surface area contributed by atoms with Gasteiger partial charge in [-0.15, -0.1) is 11.8 Å². The van der Waals surface area contributed by atoms with Crippen molar-refractivity contribution in [2.45, 2.75) is 6.92 Å². The highest BCUT2D eigenvalue weighted by Gasteiger charge is 2.15. The summed E-state index contributed by atoms with van der Waals surface area (Å²) < 4.78 is 0. The van der Waals surface area contributed by atoms with Gasteiger partial charge in [0.1, 0.15) is 0 Å². The first-order chi connectivity index (χ1) is 7.31. The fourth-order valence-corrected chi connectivity index (χ4v) is 2.27. The number of hydrogen-bond acceptors (Lipinski definition) is 2. The number of rotatable bonds is 1. The summed E-state index contributed by atoms with van der Waals surface area (Å²) in [7, 11) is 0. The van der Waals surface area contributed by atoms with Gasteiger partial charge in [0.15, 0.2) is 5.70 Å². The van der Waals surface area contributed by atoms with Crippen LogP contribution < -0.4 is 0 Å². The van der Waals surface area contributed by atoms with Crippen LogP contribution in [0.15, 0.2) is 46.1 Å². The van der Waals surface area contributed by atoms with Gasteiger partial charge in [-0.3, -0.25) is 4.99 Å². The van der Waals surface area contributed by atoms with Gasteiger partial charge in [-0.25, -0.2) is 4.85 Å². The molecule has 15 heavy (non-hydrogen) atoms. The van der Waals surface area contributed by atoms with Crippen LogP contribution in [-0.4, -0.2) is 11.5 Å². The summed E-state index contributed by atoms with van der Waals surface area (Å²) in [6, 6.07) is 10.1. The molecule has 74 valence electrons. The summed E-state index contributed by atoms with van der Waals surface area (Å²) in [5.74, 6) is 0.867.